The van der Waals surface area contributed by atoms with E-state index >= 15 is 0 Å². The van der Waals surface area contributed by atoms with E-state index in [1.54, 1.807) is 0 Å². The van der Waals surface area contributed by atoms with Gasteiger partial charge in [0.1, 0.15) is 9.71 Å². The Morgan fingerprint density at radius 1 is 1.22 bits per heavy atom. The Bertz CT molecular complexity index is 1230. The molecule has 0 saturated carbocycles. The number of para-hydroxylation sites is 2. The Labute approximate surface area is 161 Å². The van der Waals surface area contributed by atoms with Crippen LogP contribution in [0.2, 0.25) is 0 Å². The van der Waals surface area contributed by atoms with Crippen LogP contribution in [0.5, 0.6) is 0 Å². The lowest BCUT2D eigenvalue weighted by molar-refractivity contribution is 0.0986. The fourth-order valence-corrected chi connectivity index (χ4v) is 5.03. The van der Waals surface area contributed by atoms with Gasteiger partial charge in [0.05, 0.1) is 11.2 Å². The van der Waals surface area contributed by atoms with Crippen molar-refractivity contribution < 1.29 is 4.79 Å². The highest BCUT2D eigenvalue weighted by Gasteiger charge is 2.33. The van der Waals surface area contributed by atoms with Gasteiger partial charge in [-0.05, 0) is 43.5 Å². The number of fused-ring (bicyclic) bond motifs is 3. The lowest BCUT2D eigenvalue weighted by atomic mass is 10.1. The molecule has 0 aliphatic carbocycles. The number of hydrogen-bond donors (Lipinski definition) is 1. The second-order valence-corrected chi connectivity index (χ2v) is 8.19. The minimum atomic E-state index is -0.0336. The van der Waals surface area contributed by atoms with Gasteiger partial charge < -0.3 is 10.6 Å². The van der Waals surface area contributed by atoms with Gasteiger partial charge in [0.15, 0.2) is 0 Å². The number of anilines is 2. The van der Waals surface area contributed by atoms with E-state index in [2.05, 4.69) is 19.1 Å². The van der Waals surface area contributed by atoms with Crippen LogP contribution in [0.25, 0.3) is 21.1 Å². The molecule has 0 spiro atoms. The monoisotopic (exact) mass is 373 g/mol. The van der Waals surface area contributed by atoms with Crippen LogP contribution in [0, 0.1) is 6.92 Å². The Kier molecular flexibility index (Phi) is 3.49. The normalized spacial score (nSPS) is 16.2. The zero-order valence-corrected chi connectivity index (χ0v) is 16.0. The second kappa shape index (κ2) is 5.79. The summed E-state index contributed by atoms with van der Waals surface area (Å²) in [4.78, 5) is 21.5. The average Bonchev–Trinajstić information content (AvgIpc) is 3.16. The van der Waals surface area contributed by atoms with Gasteiger partial charge in [-0.15, -0.1) is 11.3 Å². The van der Waals surface area contributed by atoms with Crippen LogP contribution in [0.3, 0.4) is 0 Å². The zero-order valence-electron chi connectivity index (χ0n) is 15.2. The highest BCUT2D eigenvalue weighted by Crippen LogP contribution is 2.39. The van der Waals surface area contributed by atoms with Crippen molar-refractivity contribution in [1.29, 1.82) is 0 Å². The first kappa shape index (κ1) is 16.3. The molecule has 0 bridgehead atoms. The minimum Gasteiger partial charge on any atom is -0.397 e. The Hall–Kier alpha value is -2.92. The number of nitrogens with two attached hydrogens (primary N) is 1. The number of aromatic nitrogens is 1. The molecule has 1 aliphatic heterocycles. The Balaban J connectivity index is 1.67. The summed E-state index contributed by atoms with van der Waals surface area (Å²) in [7, 11) is 0. The average molecular weight is 373 g/mol. The third-order valence-corrected chi connectivity index (χ3v) is 6.47. The van der Waals surface area contributed by atoms with E-state index in [-0.39, 0.29) is 11.9 Å². The molecule has 27 heavy (non-hydrogen) atoms. The maximum absolute atomic E-state index is 13.4. The molecular weight excluding hydrogens is 354 g/mol. The molecule has 0 unspecified atom stereocenters. The first-order valence-corrected chi connectivity index (χ1v) is 9.86. The number of carbonyl (C=O) groups is 1. The van der Waals surface area contributed by atoms with Crippen LogP contribution in [0.15, 0.2) is 48.5 Å². The largest absolute Gasteiger partial charge is 0.397 e. The van der Waals surface area contributed by atoms with Crippen molar-refractivity contribution in [3.8, 4) is 0 Å². The molecule has 0 fully saturated rings. The van der Waals surface area contributed by atoms with Gasteiger partial charge >= 0.3 is 0 Å². The van der Waals surface area contributed by atoms with E-state index in [9.17, 15) is 4.79 Å². The van der Waals surface area contributed by atoms with Crippen molar-refractivity contribution in [2.24, 2.45) is 0 Å². The minimum absolute atomic E-state index is 0.0336. The van der Waals surface area contributed by atoms with E-state index in [0.717, 1.165) is 38.8 Å². The quantitative estimate of drug-likeness (QED) is 0.514. The van der Waals surface area contributed by atoms with E-state index in [1.807, 2.05) is 48.2 Å². The molecule has 1 aliphatic rings. The number of carbonyl (C=O) groups excluding carboxylic acids is 1. The summed E-state index contributed by atoms with van der Waals surface area (Å²) in [6.45, 7) is 4.13. The van der Waals surface area contributed by atoms with E-state index in [0.29, 0.717) is 10.6 Å². The second-order valence-electron chi connectivity index (χ2n) is 7.19. The van der Waals surface area contributed by atoms with Gasteiger partial charge in [-0.2, -0.15) is 0 Å². The molecule has 4 nitrogen and oxygen atoms in total. The van der Waals surface area contributed by atoms with Crippen LogP contribution >= 0.6 is 11.3 Å². The summed E-state index contributed by atoms with van der Waals surface area (Å²) in [6.07, 6.45) is 0.869. The molecule has 0 saturated heterocycles. The maximum Gasteiger partial charge on any atom is 0.270 e. The van der Waals surface area contributed by atoms with Gasteiger partial charge in [0, 0.05) is 22.5 Å². The number of benzene rings is 2. The molecule has 0 radical (unpaired) electrons. The van der Waals surface area contributed by atoms with Crippen molar-refractivity contribution in [3.05, 3.63) is 64.5 Å². The molecule has 2 aromatic carbocycles. The Morgan fingerprint density at radius 2 is 2.04 bits per heavy atom. The number of thiophene rings is 1. The van der Waals surface area contributed by atoms with Crippen molar-refractivity contribution in [3.63, 3.8) is 0 Å². The lowest BCUT2D eigenvalue weighted by Gasteiger charge is -2.22. The smallest absolute Gasteiger partial charge is 0.270 e. The van der Waals surface area contributed by atoms with E-state index in [4.69, 9.17) is 10.7 Å². The highest BCUT2D eigenvalue weighted by molar-refractivity contribution is 7.21. The Morgan fingerprint density at radius 3 is 2.89 bits per heavy atom. The number of nitrogen functional groups attached to an aromatic ring is 1. The van der Waals surface area contributed by atoms with Gasteiger partial charge in [-0.25, -0.2) is 4.98 Å². The van der Waals surface area contributed by atoms with Gasteiger partial charge in [0.2, 0.25) is 0 Å². The first-order valence-electron chi connectivity index (χ1n) is 9.04. The third-order valence-electron chi connectivity index (χ3n) is 5.37. The van der Waals surface area contributed by atoms with Gasteiger partial charge in [-0.3, -0.25) is 4.79 Å². The SMILES string of the molecule is Cc1cccc2cc3c(N)c(C(=O)N4c5ccccc5C[C@@H]4C)sc3nc12. The van der Waals surface area contributed by atoms with Gasteiger partial charge in [-0.1, -0.05) is 36.4 Å². The molecule has 1 amide bonds. The molecule has 5 rings (SSSR count). The fraction of sp³-hybridized carbons (Fsp3) is 0.182. The summed E-state index contributed by atoms with van der Waals surface area (Å²) in [5.41, 5.74) is 11.2. The molecular formula is C22H19N3OS. The summed E-state index contributed by atoms with van der Waals surface area (Å²) >= 11 is 1.39. The standard InChI is InChI=1S/C22H19N3OS/c1-12-6-5-8-15-11-16-18(23)20(27-21(16)24-19(12)15)22(26)25-13(2)10-14-7-3-4-9-17(14)25/h3-9,11,13H,10,23H2,1-2H3/t13-/m0/s1. The summed E-state index contributed by atoms with van der Waals surface area (Å²) in [5.74, 6) is -0.0336. The van der Waals surface area contributed by atoms with E-state index < -0.39 is 0 Å². The molecule has 2 aromatic heterocycles. The van der Waals surface area contributed by atoms with Gasteiger partial charge in [0.25, 0.3) is 5.91 Å². The number of nitrogens with zero attached hydrogens (tertiary/aromatic N) is 2. The van der Waals surface area contributed by atoms with Crippen molar-refractivity contribution in [2.45, 2.75) is 26.3 Å². The number of pyridine rings is 1. The molecule has 3 heterocycles. The van der Waals surface area contributed by atoms with Crippen LogP contribution in [-0.2, 0) is 6.42 Å². The number of hydrogen-bond acceptors (Lipinski definition) is 4. The molecule has 2 N–H and O–H groups in total. The predicted octanol–water partition coefficient (Wildman–Crippen LogP) is 4.93. The summed E-state index contributed by atoms with van der Waals surface area (Å²) in [6, 6.07) is 16.4. The lowest BCUT2D eigenvalue weighted by Crippen LogP contribution is -2.35. The number of aryl methyl sites for hydroxylation is 1. The summed E-state index contributed by atoms with van der Waals surface area (Å²) < 4.78 is 0. The van der Waals surface area contributed by atoms with E-state index in [1.165, 1.54) is 16.9 Å². The topological polar surface area (TPSA) is 59.2 Å². The van der Waals surface area contributed by atoms with Crippen molar-refractivity contribution in [2.75, 3.05) is 10.6 Å². The first-order chi connectivity index (χ1) is 13.0. The molecule has 5 heteroatoms. The molecule has 4 aromatic rings. The van der Waals surface area contributed by atoms with Crippen LogP contribution in [-0.4, -0.2) is 16.9 Å². The molecule has 1 atom stereocenters. The van der Waals surface area contributed by atoms with Crippen molar-refractivity contribution >= 4 is 49.7 Å². The molecule has 134 valence electrons. The zero-order chi connectivity index (χ0) is 18.7. The summed E-state index contributed by atoms with van der Waals surface area (Å²) in [5, 5.41) is 1.91. The van der Waals surface area contributed by atoms with Crippen LogP contribution in [0.4, 0.5) is 11.4 Å². The number of rotatable bonds is 1. The third kappa shape index (κ3) is 2.35. The maximum atomic E-state index is 13.4. The fourth-order valence-electron chi connectivity index (χ4n) is 4.02. The predicted molar refractivity (Wildman–Crippen MR) is 113 cm³/mol. The van der Waals surface area contributed by atoms with Crippen molar-refractivity contribution in [1.82, 2.24) is 4.98 Å². The number of amides is 1. The highest BCUT2D eigenvalue weighted by atomic mass is 32.1. The van der Waals surface area contributed by atoms with Crippen LogP contribution < -0.4 is 10.6 Å². The van der Waals surface area contributed by atoms with Crippen LogP contribution in [0.1, 0.15) is 27.7 Å².